The van der Waals surface area contributed by atoms with Gasteiger partial charge in [0.25, 0.3) is 0 Å². The molecule has 5 nitrogen and oxygen atoms in total. The van der Waals surface area contributed by atoms with Gasteiger partial charge in [-0.2, -0.15) is 0 Å². The molecule has 1 heterocycles. The van der Waals surface area contributed by atoms with Crippen molar-refractivity contribution in [1.82, 2.24) is 4.90 Å². The van der Waals surface area contributed by atoms with Crippen molar-refractivity contribution in [2.75, 3.05) is 34.5 Å². The van der Waals surface area contributed by atoms with Gasteiger partial charge in [0.15, 0.2) is 17.3 Å². The molecule has 0 radical (unpaired) electrons. The molecule has 1 aromatic rings. The summed E-state index contributed by atoms with van der Waals surface area (Å²) >= 11 is 0. The summed E-state index contributed by atoms with van der Waals surface area (Å²) in [4.78, 5) is 14.1. The van der Waals surface area contributed by atoms with E-state index >= 15 is 0 Å². The lowest BCUT2D eigenvalue weighted by Gasteiger charge is -2.10. The Morgan fingerprint density at radius 1 is 1.33 bits per heavy atom. The third kappa shape index (κ3) is 2.41. The van der Waals surface area contributed by atoms with Crippen molar-refractivity contribution in [2.24, 2.45) is 0 Å². The number of methoxy groups -OCH3 is 1. The first-order valence-corrected chi connectivity index (χ1v) is 5.78. The van der Waals surface area contributed by atoms with Gasteiger partial charge in [-0.25, -0.2) is 0 Å². The van der Waals surface area contributed by atoms with Gasteiger partial charge in [-0.15, -0.1) is 0 Å². The van der Waals surface area contributed by atoms with E-state index < -0.39 is 0 Å². The Kier molecular flexibility index (Phi) is 3.72. The second kappa shape index (κ2) is 5.27. The predicted octanol–water partition coefficient (Wildman–Crippen LogP) is 1.56. The molecule has 0 atom stereocenters. The maximum atomic E-state index is 12.1. The Morgan fingerprint density at radius 3 is 2.72 bits per heavy atom. The summed E-state index contributed by atoms with van der Waals surface area (Å²) in [7, 11) is 5.43. The number of nitrogens with zero attached hydrogens (tertiary/aromatic N) is 1. The molecule has 5 heteroatoms. The smallest absolute Gasteiger partial charge is 0.231 e. The molecule has 0 fully saturated rings. The Hall–Kier alpha value is -1.75. The maximum absolute atomic E-state index is 12.1. The van der Waals surface area contributed by atoms with E-state index in [4.69, 9.17) is 14.2 Å². The number of carbonyl (C=O) groups excluding carboxylic acids is 1. The van der Waals surface area contributed by atoms with E-state index in [1.54, 1.807) is 19.2 Å². The molecule has 18 heavy (non-hydrogen) atoms. The monoisotopic (exact) mass is 251 g/mol. The third-order valence-corrected chi connectivity index (χ3v) is 2.79. The van der Waals surface area contributed by atoms with Crippen molar-refractivity contribution in [3.8, 4) is 17.2 Å². The van der Waals surface area contributed by atoms with Crippen LogP contribution < -0.4 is 14.2 Å². The molecule has 0 N–H and O–H groups in total. The van der Waals surface area contributed by atoms with Gasteiger partial charge >= 0.3 is 0 Å². The molecule has 1 aliphatic heterocycles. The van der Waals surface area contributed by atoms with Crippen molar-refractivity contribution in [3.63, 3.8) is 0 Å². The summed E-state index contributed by atoms with van der Waals surface area (Å²) in [6.07, 6.45) is 0.454. The maximum Gasteiger partial charge on any atom is 0.231 e. The van der Waals surface area contributed by atoms with Gasteiger partial charge in [-0.3, -0.25) is 4.79 Å². The molecule has 0 aliphatic carbocycles. The van der Waals surface area contributed by atoms with Gasteiger partial charge in [-0.1, -0.05) is 0 Å². The number of ether oxygens (including phenoxy) is 3. The molecule has 0 bridgehead atoms. The predicted molar refractivity (Wildman–Crippen MR) is 66.6 cm³/mol. The summed E-state index contributed by atoms with van der Waals surface area (Å²) in [6.45, 7) is 0.837. The number of hydrogen-bond donors (Lipinski definition) is 0. The first-order valence-electron chi connectivity index (χ1n) is 5.78. The molecular formula is C13H17NO4. The molecule has 2 rings (SSSR count). The minimum atomic E-state index is 0.0492. The van der Waals surface area contributed by atoms with Crippen LogP contribution >= 0.6 is 0 Å². The fourth-order valence-corrected chi connectivity index (χ4v) is 1.81. The summed E-state index contributed by atoms with van der Waals surface area (Å²) in [5.41, 5.74) is 0.560. The molecule has 1 aromatic carbocycles. The van der Waals surface area contributed by atoms with E-state index in [0.717, 1.165) is 0 Å². The van der Waals surface area contributed by atoms with Crippen molar-refractivity contribution >= 4 is 5.78 Å². The van der Waals surface area contributed by atoms with E-state index in [1.165, 1.54) is 0 Å². The van der Waals surface area contributed by atoms with Crippen LogP contribution in [0, 0.1) is 0 Å². The highest BCUT2D eigenvalue weighted by Crippen LogP contribution is 2.43. The molecule has 0 amide bonds. The first kappa shape index (κ1) is 12.7. The van der Waals surface area contributed by atoms with Gasteiger partial charge in [0.05, 0.1) is 12.7 Å². The average molecular weight is 251 g/mol. The summed E-state index contributed by atoms with van der Waals surface area (Å²) < 4.78 is 15.9. The summed E-state index contributed by atoms with van der Waals surface area (Å²) in [5.74, 6) is 1.66. The SMILES string of the molecule is COc1ccc(C(=O)CCN(C)C)c2c1OCO2. The lowest BCUT2D eigenvalue weighted by molar-refractivity contribution is 0.0968. The van der Waals surface area contributed by atoms with Crippen molar-refractivity contribution in [1.29, 1.82) is 0 Å². The third-order valence-electron chi connectivity index (χ3n) is 2.79. The molecule has 0 saturated heterocycles. The second-order valence-corrected chi connectivity index (χ2v) is 4.36. The minimum absolute atomic E-state index is 0.0492. The van der Waals surface area contributed by atoms with Gasteiger partial charge in [0.2, 0.25) is 12.5 Å². The zero-order valence-corrected chi connectivity index (χ0v) is 10.9. The lowest BCUT2D eigenvalue weighted by Crippen LogP contribution is -2.16. The number of benzene rings is 1. The van der Waals surface area contributed by atoms with Crippen molar-refractivity contribution < 1.29 is 19.0 Å². The lowest BCUT2D eigenvalue weighted by atomic mass is 10.1. The first-order chi connectivity index (χ1) is 8.63. The number of rotatable bonds is 5. The van der Waals surface area contributed by atoms with E-state index in [1.807, 2.05) is 19.0 Å². The molecule has 0 unspecified atom stereocenters. The van der Waals surface area contributed by atoms with Crippen LogP contribution in [0.15, 0.2) is 12.1 Å². The average Bonchev–Trinajstić information content (AvgIpc) is 2.83. The number of ketones is 1. The number of Topliss-reactive ketones (excluding diaryl/α,β-unsaturated/α-hetero) is 1. The summed E-state index contributed by atoms with van der Waals surface area (Å²) in [6, 6.07) is 3.46. The largest absolute Gasteiger partial charge is 0.493 e. The second-order valence-electron chi connectivity index (χ2n) is 4.36. The normalized spacial score (nSPS) is 12.9. The Morgan fingerprint density at radius 2 is 2.06 bits per heavy atom. The highest BCUT2D eigenvalue weighted by Gasteiger charge is 2.25. The van der Waals surface area contributed by atoms with Crippen LogP contribution in [0.25, 0.3) is 0 Å². The highest BCUT2D eigenvalue weighted by molar-refractivity contribution is 6.00. The van der Waals surface area contributed by atoms with Crippen LogP contribution in [0.2, 0.25) is 0 Å². The molecule has 0 saturated carbocycles. The standard InChI is InChI=1S/C13H17NO4/c1-14(2)7-6-10(15)9-4-5-11(16-3)13-12(9)17-8-18-13/h4-5H,6-8H2,1-3H3. The van der Waals surface area contributed by atoms with Crippen molar-refractivity contribution in [2.45, 2.75) is 6.42 Å². The zero-order chi connectivity index (χ0) is 13.1. The minimum Gasteiger partial charge on any atom is -0.493 e. The Labute approximate surface area is 106 Å². The van der Waals surface area contributed by atoms with Crippen LogP contribution in [0.5, 0.6) is 17.2 Å². The van der Waals surface area contributed by atoms with Gasteiger partial charge in [0.1, 0.15) is 0 Å². The van der Waals surface area contributed by atoms with Crippen LogP contribution in [-0.2, 0) is 0 Å². The molecule has 0 spiro atoms. The zero-order valence-electron chi connectivity index (χ0n) is 10.9. The molecular weight excluding hydrogens is 234 g/mol. The topological polar surface area (TPSA) is 48.0 Å². The Bertz CT molecular complexity index is 457. The fraction of sp³-hybridized carbons (Fsp3) is 0.462. The molecule has 98 valence electrons. The van der Waals surface area contributed by atoms with E-state index in [0.29, 0.717) is 35.8 Å². The van der Waals surface area contributed by atoms with E-state index in [9.17, 15) is 4.79 Å². The fourth-order valence-electron chi connectivity index (χ4n) is 1.81. The number of carbonyl (C=O) groups is 1. The van der Waals surface area contributed by atoms with Gasteiger partial charge in [-0.05, 0) is 26.2 Å². The van der Waals surface area contributed by atoms with Gasteiger partial charge in [0, 0.05) is 13.0 Å². The highest BCUT2D eigenvalue weighted by atomic mass is 16.7. The van der Waals surface area contributed by atoms with E-state index in [-0.39, 0.29) is 12.6 Å². The Balaban J connectivity index is 2.24. The molecule has 1 aliphatic rings. The number of fused-ring (bicyclic) bond motifs is 1. The molecule has 0 aromatic heterocycles. The quantitative estimate of drug-likeness (QED) is 0.743. The van der Waals surface area contributed by atoms with Crippen LogP contribution in [0.3, 0.4) is 0 Å². The van der Waals surface area contributed by atoms with E-state index in [2.05, 4.69) is 0 Å². The van der Waals surface area contributed by atoms with Crippen LogP contribution in [0.1, 0.15) is 16.8 Å². The van der Waals surface area contributed by atoms with Crippen LogP contribution in [0.4, 0.5) is 0 Å². The summed E-state index contributed by atoms with van der Waals surface area (Å²) in [5, 5.41) is 0. The van der Waals surface area contributed by atoms with Crippen molar-refractivity contribution in [3.05, 3.63) is 17.7 Å². The van der Waals surface area contributed by atoms with Gasteiger partial charge < -0.3 is 19.1 Å². The number of hydrogen-bond acceptors (Lipinski definition) is 5. The van der Waals surface area contributed by atoms with Crippen LogP contribution in [-0.4, -0.2) is 45.2 Å².